The zero-order valence-corrected chi connectivity index (χ0v) is 14.8. The minimum Gasteiger partial charge on any atom is -0.370 e. The molecule has 0 radical (unpaired) electrons. The predicted molar refractivity (Wildman–Crippen MR) is 99.5 cm³/mol. The molecule has 0 fully saturated rings. The van der Waals surface area contributed by atoms with Crippen LogP contribution in [0.5, 0.6) is 0 Å². The first-order valence-corrected chi connectivity index (χ1v) is 8.70. The molecule has 0 spiro atoms. The van der Waals surface area contributed by atoms with Crippen molar-refractivity contribution in [3.8, 4) is 0 Å². The molecule has 4 N–H and O–H groups in total. The summed E-state index contributed by atoms with van der Waals surface area (Å²) in [6.45, 7) is 2.26. The molecule has 0 saturated carbocycles. The zero-order chi connectivity index (χ0) is 17.4. The summed E-state index contributed by atoms with van der Waals surface area (Å²) in [5, 5.41) is 8.41. The van der Waals surface area contributed by atoms with Crippen LogP contribution in [0.3, 0.4) is 0 Å². The van der Waals surface area contributed by atoms with Crippen molar-refractivity contribution in [2.45, 2.75) is 26.2 Å². The molecule has 7 heteroatoms. The Hall–Kier alpha value is -2.41. The lowest BCUT2D eigenvalue weighted by atomic mass is 10.0. The van der Waals surface area contributed by atoms with Gasteiger partial charge in [0.25, 0.3) is 0 Å². The van der Waals surface area contributed by atoms with Crippen molar-refractivity contribution in [2.75, 3.05) is 18.9 Å². The molecule has 1 aromatic heterocycles. The molecule has 6 nitrogen and oxygen atoms in total. The van der Waals surface area contributed by atoms with Crippen LogP contribution < -0.4 is 16.4 Å². The van der Waals surface area contributed by atoms with E-state index in [0.29, 0.717) is 11.1 Å². The number of nitrogens with one attached hydrogen (secondary N) is 2. The molecule has 0 atom stereocenters. The molecule has 0 aliphatic carbocycles. The number of anilines is 1. The minimum absolute atomic E-state index is 0.0899. The van der Waals surface area contributed by atoms with Crippen molar-refractivity contribution in [1.29, 1.82) is 0 Å². The van der Waals surface area contributed by atoms with Crippen molar-refractivity contribution in [3.63, 3.8) is 0 Å². The van der Waals surface area contributed by atoms with Crippen LogP contribution in [0.2, 0.25) is 0 Å². The Morgan fingerprint density at radius 3 is 2.50 bits per heavy atom. The number of thiazole rings is 1. The van der Waals surface area contributed by atoms with Crippen LogP contribution in [0, 0.1) is 0 Å². The number of nitrogens with two attached hydrogens (primary N) is 1. The lowest BCUT2D eigenvalue weighted by Crippen LogP contribution is -2.32. The van der Waals surface area contributed by atoms with Crippen molar-refractivity contribution in [2.24, 2.45) is 10.7 Å². The van der Waals surface area contributed by atoms with Crippen molar-refractivity contribution in [3.05, 3.63) is 46.5 Å². The quantitative estimate of drug-likeness (QED) is 0.528. The van der Waals surface area contributed by atoms with Crippen LogP contribution in [-0.2, 0) is 24.1 Å². The number of benzene rings is 1. The highest BCUT2D eigenvalue weighted by Crippen LogP contribution is 2.17. The van der Waals surface area contributed by atoms with E-state index in [1.165, 1.54) is 29.4 Å². The molecule has 1 amide bonds. The van der Waals surface area contributed by atoms with Gasteiger partial charge in [-0.3, -0.25) is 9.79 Å². The van der Waals surface area contributed by atoms with E-state index >= 15 is 0 Å². The number of amides is 1. The summed E-state index contributed by atoms with van der Waals surface area (Å²) in [5.74, 6) is 0.376. The SMILES string of the molecule is CN=C(N)NCCc1ccc(CCc2csc(NC(C)=O)n2)cc1. The molecule has 1 heterocycles. The van der Waals surface area contributed by atoms with Crippen molar-refractivity contribution >= 4 is 28.3 Å². The third kappa shape index (κ3) is 6.00. The van der Waals surface area contributed by atoms with Gasteiger partial charge < -0.3 is 16.4 Å². The van der Waals surface area contributed by atoms with E-state index < -0.39 is 0 Å². The number of carbonyl (C=O) groups is 1. The van der Waals surface area contributed by atoms with Crippen LogP contribution in [-0.4, -0.2) is 30.4 Å². The first-order valence-electron chi connectivity index (χ1n) is 7.82. The predicted octanol–water partition coefficient (Wildman–Crippen LogP) is 1.96. The van der Waals surface area contributed by atoms with E-state index in [9.17, 15) is 4.79 Å². The first-order chi connectivity index (χ1) is 11.6. The van der Waals surface area contributed by atoms with Crippen LogP contribution in [0.25, 0.3) is 0 Å². The largest absolute Gasteiger partial charge is 0.370 e. The van der Waals surface area contributed by atoms with E-state index in [0.717, 1.165) is 31.5 Å². The fraction of sp³-hybridized carbons (Fsp3) is 0.353. The molecule has 1 aromatic carbocycles. The molecule has 2 aromatic rings. The second-order valence-corrected chi connectivity index (χ2v) is 6.29. The number of aryl methyl sites for hydroxylation is 2. The number of aliphatic imine (C=N–C) groups is 1. The summed E-state index contributed by atoms with van der Waals surface area (Å²) in [6, 6.07) is 8.57. The number of carbonyl (C=O) groups excluding carboxylic acids is 1. The third-order valence-corrected chi connectivity index (χ3v) is 4.29. The summed E-state index contributed by atoms with van der Waals surface area (Å²) in [6.07, 6.45) is 2.69. The van der Waals surface area contributed by atoms with Gasteiger partial charge in [0.05, 0.1) is 5.69 Å². The van der Waals surface area contributed by atoms with Gasteiger partial charge in [0.15, 0.2) is 11.1 Å². The number of guanidine groups is 1. The van der Waals surface area contributed by atoms with Gasteiger partial charge >= 0.3 is 0 Å². The maximum atomic E-state index is 11.0. The molecule has 0 aliphatic heterocycles. The molecule has 2 rings (SSSR count). The Kier molecular flexibility index (Phi) is 6.74. The molecule has 0 unspecified atom stereocenters. The second kappa shape index (κ2) is 9.02. The van der Waals surface area contributed by atoms with Gasteiger partial charge in [-0.05, 0) is 30.4 Å². The smallest absolute Gasteiger partial charge is 0.223 e. The molecule has 128 valence electrons. The Bertz CT molecular complexity index is 693. The molecular formula is C17H23N5OS. The zero-order valence-electron chi connectivity index (χ0n) is 14.0. The first kappa shape index (κ1) is 17.9. The highest BCUT2D eigenvalue weighted by Gasteiger charge is 2.04. The van der Waals surface area contributed by atoms with Crippen molar-refractivity contribution < 1.29 is 4.79 Å². The monoisotopic (exact) mass is 345 g/mol. The second-order valence-electron chi connectivity index (χ2n) is 5.43. The number of nitrogens with zero attached hydrogens (tertiary/aromatic N) is 2. The number of aromatic nitrogens is 1. The van der Waals surface area contributed by atoms with E-state index in [1.54, 1.807) is 7.05 Å². The summed E-state index contributed by atoms with van der Waals surface area (Å²) < 4.78 is 0. The van der Waals surface area contributed by atoms with Gasteiger partial charge in [-0.15, -0.1) is 11.3 Å². The third-order valence-electron chi connectivity index (χ3n) is 3.49. The van der Waals surface area contributed by atoms with E-state index in [4.69, 9.17) is 5.73 Å². The Morgan fingerprint density at radius 1 is 1.21 bits per heavy atom. The van der Waals surface area contributed by atoms with Gasteiger partial charge in [-0.2, -0.15) is 0 Å². The average molecular weight is 345 g/mol. The van der Waals surface area contributed by atoms with Gasteiger partial charge in [0.1, 0.15) is 0 Å². The molecular weight excluding hydrogens is 322 g/mol. The number of hydrogen-bond donors (Lipinski definition) is 3. The van der Waals surface area contributed by atoms with Gasteiger partial charge in [-0.1, -0.05) is 24.3 Å². The lowest BCUT2D eigenvalue weighted by Gasteiger charge is -2.06. The highest BCUT2D eigenvalue weighted by molar-refractivity contribution is 7.13. The number of hydrogen-bond acceptors (Lipinski definition) is 4. The van der Waals surface area contributed by atoms with Crippen molar-refractivity contribution in [1.82, 2.24) is 10.3 Å². The standard InChI is InChI=1S/C17H23N5OS/c1-12(23)21-17-22-15(11-24-17)8-7-13-3-5-14(6-4-13)9-10-20-16(18)19-2/h3-6,11H,7-10H2,1-2H3,(H3,18,19,20)(H,21,22,23). The molecule has 24 heavy (non-hydrogen) atoms. The normalized spacial score (nSPS) is 11.3. The van der Waals surface area contributed by atoms with Gasteiger partial charge in [-0.25, -0.2) is 4.98 Å². The molecule has 0 aliphatic rings. The Labute approximate surface area is 146 Å². The minimum atomic E-state index is -0.0899. The fourth-order valence-corrected chi connectivity index (χ4v) is 2.98. The van der Waals surface area contributed by atoms with Crippen LogP contribution >= 0.6 is 11.3 Å². The average Bonchev–Trinajstić information content (AvgIpc) is 3.00. The van der Waals surface area contributed by atoms with E-state index in [1.807, 2.05) is 5.38 Å². The lowest BCUT2D eigenvalue weighted by molar-refractivity contribution is -0.114. The Balaban J connectivity index is 1.79. The van der Waals surface area contributed by atoms with Gasteiger partial charge in [0, 0.05) is 25.9 Å². The molecule has 0 saturated heterocycles. The number of rotatable bonds is 7. The summed E-state index contributed by atoms with van der Waals surface area (Å²) in [5.41, 5.74) is 9.14. The van der Waals surface area contributed by atoms with Crippen LogP contribution in [0.4, 0.5) is 5.13 Å². The summed E-state index contributed by atoms with van der Waals surface area (Å²) >= 11 is 1.46. The summed E-state index contributed by atoms with van der Waals surface area (Å²) in [7, 11) is 1.67. The summed E-state index contributed by atoms with van der Waals surface area (Å²) in [4.78, 5) is 19.3. The Morgan fingerprint density at radius 2 is 1.88 bits per heavy atom. The maximum Gasteiger partial charge on any atom is 0.223 e. The van der Waals surface area contributed by atoms with Crippen LogP contribution in [0.15, 0.2) is 34.6 Å². The van der Waals surface area contributed by atoms with Gasteiger partial charge in [0.2, 0.25) is 5.91 Å². The van der Waals surface area contributed by atoms with E-state index in [2.05, 4.69) is 44.9 Å². The maximum absolute atomic E-state index is 11.0. The topological polar surface area (TPSA) is 92.4 Å². The molecule has 0 bridgehead atoms. The fourth-order valence-electron chi connectivity index (χ4n) is 2.19. The highest BCUT2D eigenvalue weighted by atomic mass is 32.1. The van der Waals surface area contributed by atoms with E-state index in [-0.39, 0.29) is 5.91 Å². The van der Waals surface area contributed by atoms with Crippen LogP contribution in [0.1, 0.15) is 23.7 Å².